The molecule has 2 aliphatic rings. The lowest BCUT2D eigenvalue weighted by Crippen LogP contribution is -2.48. The minimum atomic E-state index is 0.0938. The van der Waals surface area contributed by atoms with E-state index >= 15 is 0 Å². The van der Waals surface area contributed by atoms with Crippen LogP contribution in [0.3, 0.4) is 0 Å². The van der Waals surface area contributed by atoms with Crippen molar-refractivity contribution in [2.24, 2.45) is 5.92 Å². The fourth-order valence-electron chi connectivity index (χ4n) is 2.73. The Balaban J connectivity index is 1.59. The molecule has 1 aromatic heterocycles. The smallest absolute Gasteiger partial charge is 0.225 e. The number of anilines is 1. The predicted octanol–water partition coefficient (Wildman–Crippen LogP) is 1.36. The molecule has 19 heavy (non-hydrogen) atoms. The summed E-state index contributed by atoms with van der Waals surface area (Å²) in [4.78, 5) is 14.4. The maximum absolute atomic E-state index is 12.2. The van der Waals surface area contributed by atoms with Crippen molar-refractivity contribution in [1.82, 2.24) is 15.5 Å². The molecule has 1 amide bonds. The molecule has 1 N–H and O–H groups in total. The van der Waals surface area contributed by atoms with Gasteiger partial charge in [0, 0.05) is 25.3 Å². The summed E-state index contributed by atoms with van der Waals surface area (Å²) in [6, 6.07) is 4.28. The summed E-state index contributed by atoms with van der Waals surface area (Å²) in [6.07, 6.45) is 7.24. The standard InChI is InChI=1S/C14H20N4O/c19-14(16-12-5-1-6-12)11-4-3-9-18(10-11)13-7-2-8-15-17-13/h2,7-8,11-12H,1,3-6,9-10H2,(H,16,19)/t11-/m1/s1. The first-order valence-corrected chi connectivity index (χ1v) is 7.16. The van der Waals surface area contributed by atoms with Gasteiger partial charge in [-0.3, -0.25) is 4.79 Å². The molecule has 1 aromatic rings. The fourth-order valence-corrected chi connectivity index (χ4v) is 2.73. The van der Waals surface area contributed by atoms with Crippen molar-refractivity contribution in [3.8, 4) is 0 Å². The summed E-state index contributed by atoms with van der Waals surface area (Å²) in [6.45, 7) is 1.73. The second-order valence-corrected chi connectivity index (χ2v) is 5.50. The van der Waals surface area contributed by atoms with E-state index in [4.69, 9.17) is 0 Å². The fraction of sp³-hybridized carbons (Fsp3) is 0.643. The van der Waals surface area contributed by atoms with E-state index in [1.54, 1.807) is 6.20 Å². The van der Waals surface area contributed by atoms with Gasteiger partial charge in [-0.25, -0.2) is 0 Å². The number of rotatable bonds is 3. The number of nitrogens with one attached hydrogen (secondary N) is 1. The number of amides is 1. The van der Waals surface area contributed by atoms with Crippen LogP contribution in [-0.4, -0.2) is 35.2 Å². The molecule has 5 heteroatoms. The maximum atomic E-state index is 12.2. The third-order valence-corrected chi connectivity index (χ3v) is 4.13. The van der Waals surface area contributed by atoms with Crippen LogP contribution in [0.15, 0.2) is 18.3 Å². The van der Waals surface area contributed by atoms with Gasteiger partial charge >= 0.3 is 0 Å². The van der Waals surface area contributed by atoms with Crippen LogP contribution in [0.4, 0.5) is 5.82 Å². The highest BCUT2D eigenvalue weighted by Crippen LogP contribution is 2.23. The molecule has 5 nitrogen and oxygen atoms in total. The Morgan fingerprint density at radius 1 is 1.32 bits per heavy atom. The van der Waals surface area contributed by atoms with Crippen LogP contribution < -0.4 is 10.2 Å². The number of hydrogen-bond acceptors (Lipinski definition) is 4. The third kappa shape index (κ3) is 2.85. The molecular formula is C14H20N4O. The Bertz CT molecular complexity index is 432. The van der Waals surface area contributed by atoms with Gasteiger partial charge in [-0.15, -0.1) is 5.10 Å². The zero-order valence-corrected chi connectivity index (χ0v) is 11.1. The Morgan fingerprint density at radius 3 is 2.89 bits per heavy atom. The van der Waals surface area contributed by atoms with Crippen LogP contribution in [0.2, 0.25) is 0 Å². The second-order valence-electron chi connectivity index (χ2n) is 5.50. The lowest BCUT2D eigenvalue weighted by atomic mass is 9.91. The maximum Gasteiger partial charge on any atom is 0.225 e. The van der Waals surface area contributed by atoms with Crippen LogP contribution >= 0.6 is 0 Å². The zero-order chi connectivity index (χ0) is 13.1. The van der Waals surface area contributed by atoms with Crippen molar-refractivity contribution in [3.05, 3.63) is 18.3 Å². The van der Waals surface area contributed by atoms with E-state index in [1.165, 1.54) is 6.42 Å². The SMILES string of the molecule is O=C(NC1CCC1)[C@@H]1CCCN(c2cccnn2)C1. The largest absolute Gasteiger partial charge is 0.354 e. The normalized spacial score (nSPS) is 23.8. The quantitative estimate of drug-likeness (QED) is 0.891. The van der Waals surface area contributed by atoms with E-state index in [1.807, 2.05) is 12.1 Å². The average molecular weight is 260 g/mol. The van der Waals surface area contributed by atoms with Crippen LogP contribution in [-0.2, 0) is 4.79 Å². The Labute approximate surface area is 113 Å². The van der Waals surface area contributed by atoms with Crippen molar-refractivity contribution < 1.29 is 4.79 Å². The summed E-state index contributed by atoms with van der Waals surface area (Å²) >= 11 is 0. The molecule has 2 fully saturated rings. The summed E-state index contributed by atoms with van der Waals surface area (Å²) in [7, 11) is 0. The second kappa shape index (κ2) is 5.55. The zero-order valence-electron chi connectivity index (χ0n) is 11.1. The first-order valence-electron chi connectivity index (χ1n) is 7.16. The van der Waals surface area contributed by atoms with Gasteiger partial charge in [-0.2, -0.15) is 5.10 Å². The predicted molar refractivity (Wildman–Crippen MR) is 72.8 cm³/mol. The monoisotopic (exact) mass is 260 g/mol. The van der Waals surface area contributed by atoms with Crippen LogP contribution in [0.1, 0.15) is 32.1 Å². The molecule has 102 valence electrons. The van der Waals surface area contributed by atoms with E-state index in [-0.39, 0.29) is 11.8 Å². The summed E-state index contributed by atoms with van der Waals surface area (Å²) in [5.74, 6) is 1.19. The minimum Gasteiger partial charge on any atom is -0.354 e. The number of hydrogen-bond donors (Lipinski definition) is 1. The Morgan fingerprint density at radius 2 is 2.21 bits per heavy atom. The van der Waals surface area contributed by atoms with Crippen molar-refractivity contribution in [1.29, 1.82) is 0 Å². The molecule has 1 aliphatic heterocycles. The highest BCUT2D eigenvalue weighted by atomic mass is 16.2. The van der Waals surface area contributed by atoms with Crippen molar-refractivity contribution in [2.75, 3.05) is 18.0 Å². The molecule has 0 aromatic carbocycles. The van der Waals surface area contributed by atoms with Crippen LogP contribution in [0.5, 0.6) is 0 Å². The van der Waals surface area contributed by atoms with E-state index in [0.29, 0.717) is 6.04 Å². The molecule has 0 unspecified atom stereocenters. The van der Waals surface area contributed by atoms with Crippen molar-refractivity contribution in [2.45, 2.75) is 38.1 Å². The van der Waals surface area contributed by atoms with Crippen molar-refractivity contribution >= 4 is 11.7 Å². The topological polar surface area (TPSA) is 58.1 Å². The van der Waals surface area contributed by atoms with Gasteiger partial charge in [0.15, 0.2) is 5.82 Å². The molecule has 2 heterocycles. The Kier molecular flexibility index (Phi) is 3.62. The summed E-state index contributed by atoms with van der Waals surface area (Å²) in [5, 5.41) is 11.2. The van der Waals surface area contributed by atoms with Gasteiger partial charge in [-0.1, -0.05) is 0 Å². The highest BCUT2D eigenvalue weighted by molar-refractivity contribution is 5.80. The lowest BCUT2D eigenvalue weighted by molar-refractivity contribution is -0.126. The third-order valence-electron chi connectivity index (χ3n) is 4.13. The first-order chi connectivity index (χ1) is 9.33. The molecule has 1 saturated carbocycles. The molecule has 3 rings (SSSR count). The van der Waals surface area contributed by atoms with Gasteiger partial charge in [0.25, 0.3) is 0 Å². The van der Waals surface area contributed by atoms with E-state index in [0.717, 1.165) is 44.6 Å². The summed E-state index contributed by atoms with van der Waals surface area (Å²) in [5.41, 5.74) is 0. The molecule has 0 bridgehead atoms. The number of carbonyl (C=O) groups excluding carboxylic acids is 1. The first kappa shape index (κ1) is 12.4. The van der Waals surface area contributed by atoms with E-state index < -0.39 is 0 Å². The lowest BCUT2D eigenvalue weighted by Gasteiger charge is -2.34. The molecule has 0 radical (unpaired) electrons. The number of nitrogens with zero attached hydrogens (tertiary/aromatic N) is 3. The number of aromatic nitrogens is 2. The Hall–Kier alpha value is -1.65. The summed E-state index contributed by atoms with van der Waals surface area (Å²) < 4.78 is 0. The van der Waals surface area contributed by atoms with E-state index in [9.17, 15) is 4.79 Å². The molecule has 1 aliphatic carbocycles. The van der Waals surface area contributed by atoms with Gasteiger partial charge in [0.1, 0.15) is 0 Å². The van der Waals surface area contributed by atoms with Crippen LogP contribution in [0, 0.1) is 5.92 Å². The molecule has 0 spiro atoms. The minimum absolute atomic E-state index is 0.0938. The number of piperidine rings is 1. The molecular weight excluding hydrogens is 240 g/mol. The van der Waals surface area contributed by atoms with Crippen molar-refractivity contribution in [3.63, 3.8) is 0 Å². The van der Waals surface area contributed by atoms with E-state index in [2.05, 4.69) is 20.4 Å². The van der Waals surface area contributed by atoms with Gasteiger partial charge in [-0.05, 0) is 44.2 Å². The number of carbonyl (C=O) groups is 1. The van der Waals surface area contributed by atoms with Gasteiger partial charge in [0.2, 0.25) is 5.91 Å². The van der Waals surface area contributed by atoms with Gasteiger partial charge in [0.05, 0.1) is 5.92 Å². The highest BCUT2D eigenvalue weighted by Gasteiger charge is 2.29. The van der Waals surface area contributed by atoms with Gasteiger partial charge < -0.3 is 10.2 Å². The van der Waals surface area contributed by atoms with Crippen LogP contribution in [0.25, 0.3) is 0 Å². The average Bonchev–Trinajstić information content (AvgIpc) is 2.44. The molecule has 1 saturated heterocycles. The molecule has 1 atom stereocenters.